The summed E-state index contributed by atoms with van der Waals surface area (Å²) in [5.74, 6) is -1.51. The maximum absolute atomic E-state index is 12.5. The first kappa shape index (κ1) is 18.0. The van der Waals surface area contributed by atoms with Crippen LogP contribution in [0.5, 0.6) is 0 Å². The molecule has 0 aliphatic carbocycles. The molecule has 1 rings (SSSR count). The quantitative estimate of drug-likeness (QED) is 0.634. The molecule has 1 N–H and O–H groups in total. The van der Waals surface area contributed by atoms with Crippen molar-refractivity contribution in [3.8, 4) is 0 Å². The lowest BCUT2D eigenvalue weighted by Crippen LogP contribution is -2.34. The van der Waals surface area contributed by atoms with Crippen molar-refractivity contribution in [2.75, 3.05) is 40.5 Å². The molecule has 8 nitrogen and oxygen atoms in total. The van der Waals surface area contributed by atoms with E-state index in [-0.39, 0.29) is 17.3 Å². The van der Waals surface area contributed by atoms with E-state index in [2.05, 4.69) is 9.97 Å². The predicted molar refractivity (Wildman–Crippen MR) is 77.9 cm³/mol. The smallest absolute Gasteiger partial charge is 0.354 e. The number of nitrogens with zero attached hydrogens (tertiary/aromatic N) is 3. The molecule has 0 saturated carbocycles. The van der Waals surface area contributed by atoms with Crippen LogP contribution in [0.3, 0.4) is 0 Å². The second-order valence-electron chi connectivity index (χ2n) is 4.58. The first-order chi connectivity index (χ1) is 10.6. The molecule has 0 saturated heterocycles. The summed E-state index contributed by atoms with van der Waals surface area (Å²) in [6.45, 7) is 2.09. The Bertz CT molecular complexity index is 485. The van der Waals surface area contributed by atoms with E-state index >= 15 is 0 Å². The van der Waals surface area contributed by atoms with Gasteiger partial charge >= 0.3 is 5.97 Å². The van der Waals surface area contributed by atoms with Gasteiger partial charge in [0.2, 0.25) is 0 Å². The molecule has 0 aliphatic heterocycles. The number of rotatable bonds is 10. The van der Waals surface area contributed by atoms with Gasteiger partial charge in [-0.3, -0.25) is 4.79 Å². The van der Waals surface area contributed by atoms with Crippen LogP contribution >= 0.6 is 0 Å². The molecule has 8 heteroatoms. The highest BCUT2D eigenvalue weighted by molar-refractivity contribution is 5.94. The van der Waals surface area contributed by atoms with E-state index in [9.17, 15) is 9.59 Å². The fourth-order valence-electron chi connectivity index (χ4n) is 1.87. The zero-order chi connectivity index (χ0) is 16.4. The molecule has 1 amide bonds. The molecule has 1 aromatic heterocycles. The minimum Gasteiger partial charge on any atom is -0.477 e. The SMILES string of the molecule is COCCCN(CCCOC)C(=O)c1cc(C(=O)O)ncn1. The van der Waals surface area contributed by atoms with Gasteiger partial charge in [0.15, 0.2) is 5.69 Å². The summed E-state index contributed by atoms with van der Waals surface area (Å²) in [5, 5.41) is 8.93. The first-order valence-electron chi connectivity index (χ1n) is 6.92. The van der Waals surface area contributed by atoms with Crippen LogP contribution in [0.25, 0.3) is 0 Å². The van der Waals surface area contributed by atoms with E-state index < -0.39 is 5.97 Å². The number of ether oxygens (including phenoxy) is 2. The average molecular weight is 311 g/mol. The summed E-state index contributed by atoms with van der Waals surface area (Å²) in [6, 6.07) is 1.18. The number of carbonyl (C=O) groups is 2. The van der Waals surface area contributed by atoms with Crippen LogP contribution in [0.2, 0.25) is 0 Å². The Hall–Kier alpha value is -2.06. The van der Waals surface area contributed by atoms with Crippen LogP contribution in [0, 0.1) is 0 Å². The number of carbonyl (C=O) groups excluding carboxylic acids is 1. The molecule has 1 heterocycles. The van der Waals surface area contributed by atoms with Crippen molar-refractivity contribution in [3.63, 3.8) is 0 Å². The Morgan fingerprint density at radius 3 is 2.14 bits per heavy atom. The highest BCUT2D eigenvalue weighted by Gasteiger charge is 2.18. The monoisotopic (exact) mass is 311 g/mol. The van der Waals surface area contributed by atoms with Crippen LogP contribution in [-0.4, -0.2) is 72.4 Å². The molecule has 0 atom stereocenters. The van der Waals surface area contributed by atoms with Gasteiger partial charge in [-0.25, -0.2) is 14.8 Å². The lowest BCUT2D eigenvalue weighted by Gasteiger charge is -2.22. The largest absolute Gasteiger partial charge is 0.477 e. The number of aromatic carboxylic acids is 1. The Morgan fingerprint density at radius 1 is 1.09 bits per heavy atom. The standard InChI is InChI=1S/C14H21N3O5/c1-21-7-3-5-17(6-4-8-22-2)13(18)11-9-12(14(19)20)16-10-15-11/h9-10H,3-8H2,1-2H3,(H,19,20). The minimum absolute atomic E-state index is 0.0715. The average Bonchev–Trinajstić information content (AvgIpc) is 2.53. The van der Waals surface area contributed by atoms with Gasteiger partial charge in [0.05, 0.1) is 0 Å². The van der Waals surface area contributed by atoms with Crippen LogP contribution in [-0.2, 0) is 9.47 Å². The fourth-order valence-corrected chi connectivity index (χ4v) is 1.87. The van der Waals surface area contributed by atoms with Crippen molar-refractivity contribution < 1.29 is 24.2 Å². The van der Waals surface area contributed by atoms with Crippen molar-refractivity contribution in [1.29, 1.82) is 0 Å². The van der Waals surface area contributed by atoms with E-state index in [0.717, 1.165) is 6.33 Å². The van der Waals surface area contributed by atoms with E-state index in [1.807, 2.05) is 0 Å². The molecule has 0 aliphatic rings. The number of aromatic nitrogens is 2. The molecular formula is C14H21N3O5. The number of methoxy groups -OCH3 is 2. The second kappa shape index (κ2) is 9.80. The van der Waals surface area contributed by atoms with E-state index in [0.29, 0.717) is 39.1 Å². The summed E-state index contributed by atoms with van der Waals surface area (Å²) >= 11 is 0. The van der Waals surface area contributed by atoms with Gasteiger partial charge in [-0.1, -0.05) is 0 Å². The van der Waals surface area contributed by atoms with Crippen molar-refractivity contribution in [3.05, 3.63) is 23.8 Å². The third kappa shape index (κ3) is 5.74. The normalized spacial score (nSPS) is 10.5. The maximum atomic E-state index is 12.5. The topological polar surface area (TPSA) is 102 Å². The fraction of sp³-hybridized carbons (Fsp3) is 0.571. The summed E-state index contributed by atoms with van der Waals surface area (Å²) in [5.41, 5.74) is -0.130. The van der Waals surface area contributed by atoms with Gasteiger partial charge < -0.3 is 19.5 Å². The molecule has 0 aromatic carbocycles. The number of carboxylic acids is 1. The Balaban J connectivity index is 2.79. The van der Waals surface area contributed by atoms with Crippen molar-refractivity contribution in [1.82, 2.24) is 14.9 Å². The van der Waals surface area contributed by atoms with Gasteiger partial charge in [-0.15, -0.1) is 0 Å². The first-order valence-corrected chi connectivity index (χ1v) is 6.92. The summed E-state index contributed by atoms with van der Waals surface area (Å²) in [7, 11) is 3.20. The van der Waals surface area contributed by atoms with Gasteiger partial charge in [0.25, 0.3) is 5.91 Å². The zero-order valence-electron chi connectivity index (χ0n) is 12.8. The Morgan fingerprint density at radius 2 is 1.64 bits per heavy atom. The van der Waals surface area contributed by atoms with Crippen LogP contribution in [0.15, 0.2) is 12.4 Å². The predicted octanol–water partition coefficient (Wildman–Crippen LogP) is 0.690. The molecule has 0 spiro atoms. The molecule has 0 bridgehead atoms. The summed E-state index contributed by atoms with van der Waals surface area (Å²) in [4.78, 5) is 32.5. The molecule has 0 unspecified atom stereocenters. The van der Waals surface area contributed by atoms with Crippen LogP contribution < -0.4 is 0 Å². The number of hydrogen-bond donors (Lipinski definition) is 1. The molecule has 22 heavy (non-hydrogen) atoms. The Kier molecular flexibility index (Phi) is 8.01. The van der Waals surface area contributed by atoms with Gasteiger partial charge in [0.1, 0.15) is 12.0 Å². The minimum atomic E-state index is -1.19. The lowest BCUT2D eigenvalue weighted by atomic mass is 10.2. The summed E-state index contributed by atoms with van der Waals surface area (Å²) < 4.78 is 9.98. The zero-order valence-corrected chi connectivity index (χ0v) is 12.8. The van der Waals surface area contributed by atoms with Crippen molar-refractivity contribution in [2.45, 2.75) is 12.8 Å². The molecule has 0 fully saturated rings. The van der Waals surface area contributed by atoms with Crippen molar-refractivity contribution in [2.24, 2.45) is 0 Å². The second-order valence-corrected chi connectivity index (χ2v) is 4.58. The third-order valence-electron chi connectivity index (χ3n) is 2.95. The third-order valence-corrected chi connectivity index (χ3v) is 2.95. The van der Waals surface area contributed by atoms with E-state index in [1.165, 1.54) is 6.07 Å². The van der Waals surface area contributed by atoms with Crippen molar-refractivity contribution >= 4 is 11.9 Å². The van der Waals surface area contributed by atoms with E-state index in [1.54, 1.807) is 19.1 Å². The Labute approximate surface area is 129 Å². The molecule has 122 valence electrons. The van der Waals surface area contributed by atoms with Gasteiger partial charge in [-0.2, -0.15) is 0 Å². The summed E-state index contributed by atoms with van der Waals surface area (Å²) in [6.07, 6.45) is 2.46. The lowest BCUT2D eigenvalue weighted by molar-refractivity contribution is 0.0690. The molecule has 0 radical (unpaired) electrons. The highest BCUT2D eigenvalue weighted by atomic mass is 16.5. The van der Waals surface area contributed by atoms with Gasteiger partial charge in [-0.05, 0) is 12.8 Å². The van der Waals surface area contributed by atoms with Crippen LogP contribution in [0.4, 0.5) is 0 Å². The van der Waals surface area contributed by atoms with Crippen LogP contribution in [0.1, 0.15) is 33.8 Å². The number of carboxylic acid groups (broad SMARTS) is 1. The van der Waals surface area contributed by atoms with E-state index in [4.69, 9.17) is 14.6 Å². The molecular weight excluding hydrogens is 290 g/mol. The highest BCUT2D eigenvalue weighted by Crippen LogP contribution is 2.06. The maximum Gasteiger partial charge on any atom is 0.354 e. The number of amides is 1. The van der Waals surface area contributed by atoms with Gasteiger partial charge in [0, 0.05) is 46.6 Å². The number of hydrogen-bond acceptors (Lipinski definition) is 6. The molecule has 1 aromatic rings.